The van der Waals surface area contributed by atoms with Crippen molar-refractivity contribution in [1.82, 2.24) is 9.88 Å². The quantitative estimate of drug-likeness (QED) is 0.872. The van der Waals surface area contributed by atoms with Gasteiger partial charge in [0.1, 0.15) is 11.9 Å². The Bertz CT molecular complexity index is 548. The molecule has 22 heavy (non-hydrogen) atoms. The van der Waals surface area contributed by atoms with Gasteiger partial charge in [-0.15, -0.1) is 0 Å². The van der Waals surface area contributed by atoms with Crippen molar-refractivity contribution in [2.24, 2.45) is 5.41 Å². The molecule has 2 aliphatic rings. The maximum absolute atomic E-state index is 9.57. The molecule has 0 aliphatic carbocycles. The van der Waals surface area contributed by atoms with Crippen molar-refractivity contribution in [1.29, 1.82) is 5.26 Å². The van der Waals surface area contributed by atoms with Gasteiger partial charge in [-0.25, -0.2) is 4.98 Å². The van der Waals surface area contributed by atoms with E-state index in [1.807, 2.05) is 6.07 Å². The highest BCUT2D eigenvalue weighted by Crippen LogP contribution is 2.28. The molecule has 3 heterocycles. The van der Waals surface area contributed by atoms with Crippen molar-refractivity contribution >= 4 is 5.82 Å². The predicted octanol–water partition coefficient (Wildman–Crippen LogP) is 0.474. The van der Waals surface area contributed by atoms with Crippen molar-refractivity contribution < 1.29 is 9.84 Å². The lowest BCUT2D eigenvalue weighted by Gasteiger charge is -2.43. The van der Waals surface area contributed by atoms with Crippen LogP contribution in [0, 0.1) is 16.7 Å². The first-order chi connectivity index (χ1) is 10.8. The van der Waals surface area contributed by atoms with Gasteiger partial charge in [-0.2, -0.15) is 5.26 Å². The summed E-state index contributed by atoms with van der Waals surface area (Å²) in [7, 11) is 0. The molecule has 1 N–H and O–H groups in total. The van der Waals surface area contributed by atoms with Crippen LogP contribution in [0.15, 0.2) is 18.3 Å². The minimum absolute atomic E-state index is 0.0714. The van der Waals surface area contributed by atoms with Crippen molar-refractivity contribution in [3.05, 3.63) is 23.9 Å². The Morgan fingerprint density at radius 3 is 2.86 bits per heavy atom. The topological polar surface area (TPSA) is 72.6 Å². The maximum atomic E-state index is 9.57. The number of anilines is 1. The van der Waals surface area contributed by atoms with Crippen LogP contribution in [0.2, 0.25) is 0 Å². The average Bonchev–Trinajstić information content (AvgIpc) is 2.76. The average molecular weight is 302 g/mol. The molecule has 0 atom stereocenters. The van der Waals surface area contributed by atoms with Crippen LogP contribution in [0.25, 0.3) is 0 Å². The molecule has 0 saturated carbocycles. The summed E-state index contributed by atoms with van der Waals surface area (Å²) in [6.07, 6.45) is 2.77. The molecule has 2 saturated heterocycles. The number of rotatable bonds is 4. The zero-order valence-corrected chi connectivity index (χ0v) is 12.7. The summed E-state index contributed by atoms with van der Waals surface area (Å²) in [5.41, 5.74) is 0.563. The lowest BCUT2D eigenvalue weighted by Crippen LogP contribution is -2.53. The van der Waals surface area contributed by atoms with E-state index in [-0.39, 0.29) is 12.0 Å². The van der Waals surface area contributed by atoms with Gasteiger partial charge < -0.3 is 19.6 Å². The van der Waals surface area contributed by atoms with E-state index in [0.717, 1.165) is 45.0 Å². The number of nitrogens with zero attached hydrogens (tertiary/aromatic N) is 4. The molecule has 0 amide bonds. The van der Waals surface area contributed by atoms with E-state index in [1.54, 1.807) is 12.3 Å². The zero-order valence-electron chi connectivity index (χ0n) is 12.7. The SMILES string of the molecule is N#Cc1cccnc1N1CCCN(CC2(CO)COC2)CC1. The Hall–Kier alpha value is -1.68. The van der Waals surface area contributed by atoms with E-state index in [0.29, 0.717) is 18.8 Å². The van der Waals surface area contributed by atoms with E-state index in [9.17, 15) is 10.4 Å². The van der Waals surface area contributed by atoms with Crippen molar-refractivity contribution in [3.8, 4) is 6.07 Å². The Morgan fingerprint density at radius 1 is 1.32 bits per heavy atom. The Balaban J connectivity index is 1.64. The van der Waals surface area contributed by atoms with E-state index < -0.39 is 0 Å². The summed E-state index contributed by atoms with van der Waals surface area (Å²) in [4.78, 5) is 8.98. The van der Waals surface area contributed by atoms with Gasteiger partial charge in [0.25, 0.3) is 0 Å². The molecule has 6 heteroatoms. The summed E-state index contributed by atoms with van der Waals surface area (Å²) in [6, 6.07) is 5.84. The molecule has 1 aromatic rings. The summed E-state index contributed by atoms with van der Waals surface area (Å²) in [5.74, 6) is 0.788. The monoisotopic (exact) mass is 302 g/mol. The first-order valence-corrected chi connectivity index (χ1v) is 7.77. The van der Waals surface area contributed by atoms with Gasteiger partial charge in [0.2, 0.25) is 0 Å². The highest BCUT2D eigenvalue weighted by Gasteiger charge is 2.39. The number of hydrogen-bond acceptors (Lipinski definition) is 6. The third kappa shape index (κ3) is 3.07. The molecule has 0 radical (unpaired) electrons. The van der Waals surface area contributed by atoms with Gasteiger partial charge in [-0.3, -0.25) is 0 Å². The molecule has 118 valence electrons. The van der Waals surface area contributed by atoms with Gasteiger partial charge >= 0.3 is 0 Å². The highest BCUT2D eigenvalue weighted by molar-refractivity contribution is 5.53. The fourth-order valence-corrected chi connectivity index (χ4v) is 3.17. The van der Waals surface area contributed by atoms with Crippen molar-refractivity contribution in [2.75, 3.05) is 57.4 Å². The predicted molar refractivity (Wildman–Crippen MR) is 82.6 cm³/mol. The summed E-state index contributed by atoms with van der Waals surface area (Å²) >= 11 is 0. The van der Waals surface area contributed by atoms with E-state index in [2.05, 4.69) is 20.9 Å². The van der Waals surface area contributed by atoms with Crippen LogP contribution in [0.3, 0.4) is 0 Å². The first-order valence-electron chi connectivity index (χ1n) is 7.77. The standard InChI is InChI=1S/C16H22N4O2/c17-9-14-3-1-4-18-15(14)20-6-2-5-19(7-8-20)10-16(11-21)12-22-13-16/h1,3-4,21H,2,5-8,10-13H2. The smallest absolute Gasteiger partial charge is 0.146 e. The van der Waals surface area contributed by atoms with E-state index in [4.69, 9.17) is 4.74 Å². The molecule has 6 nitrogen and oxygen atoms in total. The largest absolute Gasteiger partial charge is 0.396 e. The van der Waals surface area contributed by atoms with Crippen LogP contribution >= 0.6 is 0 Å². The van der Waals surface area contributed by atoms with Crippen LogP contribution in [-0.2, 0) is 4.74 Å². The van der Waals surface area contributed by atoms with E-state index in [1.165, 1.54) is 0 Å². The second-order valence-electron chi connectivity index (χ2n) is 6.25. The molecule has 2 aliphatic heterocycles. The molecule has 0 aromatic carbocycles. The van der Waals surface area contributed by atoms with Crippen LogP contribution in [0.4, 0.5) is 5.82 Å². The minimum Gasteiger partial charge on any atom is -0.396 e. The molecular formula is C16H22N4O2. The molecule has 0 unspecified atom stereocenters. The second kappa shape index (κ2) is 6.61. The molecular weight excluding hydrogens is 280 g/mol. The molecule has 2 fully saturated rings. The van der Waals surface area contributed by atoms with Gasteiger partial charge in [0.05, 0.1) is 30.8 Å². The second-order valence-corrected chi connectivity index (χ2v) is 6.25. The third-order valence-electron chi connectivity index (χ3n) is 4.51. The number of ether oxygens (including phenoxy) is 1. The summed E-state index contributed by atoms with van der Waals surface area (Å²) in [5, 5.41) is 18.8. The number of hydrogen-bond donors (Lipinski definition) is 1. The normalized spacial score (nSPS) is 21.7. The minimum atomic E-state index is -0.0714. The van der Waals surface area contributed by atoms with Crippen LogP contribution in [0.1, 0.15) is 12.0 Å². The van der Waals surface area contributed by atoms with Crippen molar-refractivity contribution in [2.45, 2.75) is 6.42 Å². The van der Waals surface area contributed by atoms with Crippen LogP contribution in [0.5, 0.6) is 0 Å². The first kappa shape index (κ1) is 15.2. The molecule has 0 spiro atoms. The van der Waals surface area contributed by atoms with Gasteiger partial charge in [0.15, 0.2) is 0 Å². The van der Waals surface area contributed by atoms with Crippen molar-refractivity contribution in [3.63, 3.8) is 0 Å². The van der Waals surface area contributed by atoms with E-state index >= 15 is 0 Å². The van der Waals surface area contributed by atoms with Crippen LogP contribution < -0.4 is 4.90 Å². The number of aliphatic hydroxyl groups is 1. The summed E-state index contributed by atoms with van der Waals surface area (Å²) < 4.78 is 5.28. The molecule has 0 bridgehead atoms. The van der Waals surface area contributed by atoms with Gasteiger partial charge in [-0.1, -0.05) is 0 Å². The summed E-state index contributed by atoms with van der Waals surface area (Å²) in [6.45, 7) is 6.07. The van der Waals surface area contributed by atoms with Gasteiger partial charge in [0, 0.05) is 32.4 Å². The lowest BCUT2D eigenvalue weighted by atomic mass is 9.86. The number of aromatic nitrogens is 1. The number of pyridine rings is 1. The maximum Gasteiger partial charge on any atom is 0.146 e. The fraction of sp³-hybridized carbons (Fsp3) is 0.625. The number of aliphatic hydroxyl groups excluding tert-OH is 1. The van der Waals surface area contributed by atoms with Crippen LogP contribution in [-0.4, -0.2) is 67.5 Å². The number of nitriles is 1. The lowest BCUT2D eigenvalue weighted by molar-refractivity contribution is -0.147. The zero-order chi connectivity index (χ0) is 15.4. The Kier molecular flexibility index (Phi) is 4.57. The molecule has 3 rings (SSSR count). The molecule has 1 aromatic heterocycles. The fourth-order valence-electron chi connectivity index (χ4n) is 3.17. The Morgan fingerprint density at radius 2 is 2.18 bits per heavy atom. The highest BCUT2D eigenvalue weighted by atomic mass is 16.5. The third-order valence-corrected chi connectivity index (χ3v) is 4.51. The Labute approximate surface area is 130 Å². The van der Waals surface area contributed by atoms with Gasteiger partial charge in [-0.05, 0) is 25.1 Å².